The van der Waals surface area contributed by atoms with Crippen LogP contribution in [0.4, 0.5) is 0 Å². The molecule has 2 aromatic carbocycles. The zero-order chi connectivity index (χ0) is 15.2. The van der Waals surface area contributed by atoms with Gasteiger partial charge in [0.25, 0.3) is 11.8 Å². The Morgan fingerprint density at radius 1 is 1.05 bits per heavy atom. The summed E-state index contributed by atoms with van der Waals surface area (Å²) < 4.78 is 0.848. The highest BCUT2D eigenvalue weighted by atomic mass is 79.9. The first kappa shape index (κ1) is 15.0. The van der Waals surface area contributed by atoms with Crippen LogP contribution in [0.15, 0.2) is 59.1 Å². The first-order chi connectivity index (χ1) is 10.1. The van der Waals surface area contributed by atoms with Gasteiger partial charge in [-0.25, -0.2) is 0 Å². The summed E-state index contributed by atoms with van der Waals surface area (Å²) >= 11 is 3.36. The minimum absolute atomic E-state index is 0.0557. The van der Waals surface area contributed by atoms with Crippen molar-refractivity contribution in [3.05, 3.63) is 70.2 Å². The Balaban J connectivity index is 2.04. The van der Waals surface area contributed by atoms with Gasteiger partial charge in [0, 0.05) is 10.5 Å². The maximum Gasteiger partial charge on any atom is 0.261 e. The van der Waals surface area contributed by atoms with E-state index in [1.165, 1.54) is 18.2 Å². The minimum atomic E-state index is -0.644. The van der Waals surface area contributed by atoms with E-state index in [0.29, 0.717) is 0 Å². The Hall–Kier alpha value is -2.40. The van der Waals surface area contributed by atoms with Crippen LogP contribution < -0.4 is 5.32 Å². The fraction of sp³-hybridized carbons (Fsp3) is 0. The summed E-state index contributed by atoms with van der Waals surface area (Å²) in [4.78, 5) is 23.5. The Kier molecular flexibility index (Phi) is 4.90. The topological polar surface area (TPSA) is 66.4 Å². The average molecular weight is 346 g/mol. The van der Waals surface area contributed by atoms with Gasteiger partial charge in [0.2, 0.25) is 0 Å². The lowest BCUT2D eigenvalue weighted by Crippen LogP contribution is -2.28. The second-order valence-corrected chi connectivity index (χ2v) is 5.04. The van der Waals surface area contributed by atoms with E-state index in [2.05, 4.69) is 21.2 Å². The number of nitrogens with one attached hydrogen (secondary N) is 1. The maximum atomic E-state index is 11.8. The Morgan fingerprint density at radius 2 is 1.71 bits per heavy atom. The number of halogens is 1. The van der Waals surface area contributed by atoms with Crippen molar-refractivity contribution in [1.29, 1.82) is 0 Å². The van der Waals surface area contributed by atoms with E-state index in [1.807, 2.05) is 24.3 Å². The van der Waals surface area contributed by atoms with Crippen molar-refractivity contribution in [2.75, 3.05) is 0 Å². The van der Waals surface area contributed by atoms with Gasteiger partial charge in [0.1, 0.15) is 5.75 Å². The zero-order valence-corrected chi connectivity index (χ0v) is 12.5. The lowest BCUT2D eigenvalue weighted by atomic mass is 10.2. The molecule has 0 heterocycles. The van der Waals surface area contributed by atoms with Gasteiger partial charge in [-0.3, -0.25) is 14.9 Å². The Morgan fingerprint density at radius 3 is 2.43 bits per heavy atom. The highest BCUT2D eigenvalue weighted by molar-refractivity contribution is 9.10. The highest BCUT2D eigenvalue weighted by Crippen LogP contribution is 2.17. The fourth-order valence-corrected chi connectivity index (χ4v) is 2.08. The Bertz CT molecular complexity index is 710. The first-order valence-electron chi connectivity index (χ1n) is 6.14. The predicted molar refractivity (Wildman–Crippen MR) is 83.8 cm³/mol. The number of benzene rings is 2. The number of amides is 2. The molecule has 0 aliphatic rings. The number of para-hydroxylation sites is 1. The number of hydrogen-bond donors (Lipinski definition) is 2. The molecule has 0 saturated carbocycles. The SMILES string of the molecule is O=C(/C=C/c1ccccc1Br)NC(=O)c1ccccc1O. The van der Waals surface area contributed by atoms with Crippen LogP contribution in [0.25, 0.3) is 6.08 Å². The van der Waals surface area contributed by atoms with Gasteiger partial charge in [-0.1, -0.05) is 46.3 Å². The molecule has 0 bridgehead atoms. The second-order valence-electron chi connectivity index (χ2n) is 4.19. The van der Waals surface area contributed by atoms with Crippen LogP contribution in [0, 0.1) is 0 Å². The summed E-state index contributed by atoms with van der Waals surface area (Å²) in [6.07, 6.45) is 2.86. The molecule has 2 N–H and O–H groups in total. The van der Waals surface area contributed by atoms with Gasteiger partial charge in [-0.2, -0.15) is 0 Å². The van der Waals surface area contributed by atoms with E-state index in [4.69, 9.17) is 0 Å². The van der Waals surface area contributed by atoms with Gasteiger partial charge >= 0.3 is 0 Å². The maximum absolute atomic E-state index is 11.8. The van der Waals surface area contributed by atoms with Gasteiger partial charge in [-0.15, -0.1) is 0 Å². The van der Waals surface area contributed by atoms with Crippen LogP contribution in [-0.2, 0) is 4.79 Å². The smallest absolute Gasteiger partial charge is 0.261 e. The summed E-state index contributed by atoms with van der Waals surface area (Å²) in [5.74, 6) is -1.37. The van der Waals surface area contributed by atoms with Crippen molar-refractivity contribution in [3.8, 4) is 5.75 Å². The number of carbonyl (C=O) groups excluding carboxylic acids is 2. The molecule has 2 amide bonds. The van der Waals surface area contributed by atoms with Crippen LogP contribution >= 0.6 is 15.9 Å². The number of phenols is 1. The van der Waals surface area contributed by atoms with Crippen molar-refractivity contribution in [2.45, 2.75) is 0 Å². The molecule has 0 atom stereocenters. The third-order valence-electron chi connectivity index (χ3n) is 2.70. The monoisotopic (exact) mass is 345 g/mol. The average Bonchev–Trinajstić information content (AvgIpc) is 2.46. The quantitative estimate of drug-likeness (QED) is 0.840. The summed E-state index contributed by atoms with van der Waals surface area (Å²) in [6, 6.07) is 13.4. The summed E-state index contributed by atoms with van der Waals surface area (Å²) in [5, 5.41) is 11.7. The van der Waals surface area contributed by atoms with Gasteiger partial charge < -0.3 is 5.11 Å². The molecular formula is C16H12BrNO3. The van der Waals surface area contributed by atoms with E-state index in [9.17, 15) is 14.7 Å². The zero-order valence-electron chi connectivity index (χ0n) is 10.9. The van der Waals surface area contributed by atoms with E-state index in [-0.39, 0.29) is 11.3 Å². The van der Waals surface area contributed by atoms with Crippen molar-refractivity contribution in [3.63, 3.8) is 0 Å². The molecule has 0 aliphatic carbocycles. The van der Waals surface area contributed by atoms with Gasteiger partial charge in [0.05, 0.1) is 5.56 Å². The number of phenolic OH excluding ortho intramolecular Hbond substituents is 1. The van der Waals surface area contributed by atoms with E-state index >= 15 is 0 Å². The number of carbonyl (C=O) groups is 2. The first-order valence-corrected chi connectivity index (χ1v) is 6.93. The molecule has 0 fully saturated rings. The second kappa shape index (κ2) is 6.85. The standard InChI is InChI=1S/C16H12BrNO3/c17-13-7-3-1-5-11(13)9-10-15(20)18-16(21)12-6-2-4-8-14(12)19/h1-10,19H,(H,18,20,21)/b10-9+. The predicted octanol–water partition coefficient (Wildman–Crippen LogP) is 3.12. The normalized spacial score (nSPS) is 10.5. The van der Waals surface area contributed by atoms with Crippen LogP contribution in [0.2, 0.25) is 0 Å². The summed E-state index contributed by atoms with van der Waals surface area (Å²) in [5.41, 5.74) is 0.878. The van der Waals surface area contributed by atoms with Crippen molar-refractivity contribution in [2.24, 2.45) is 0 Å². The van der Waals surface area contributed by atoms with Gasteiger partial charge in [-0.05, 0) is 29.8 Å². The van der Waals surface area contributed by atoms with E-state index in [0.717, 1.165) is 10.0 Å². The van der Waals surface area contributed by atoms with Crippen molar-refractivity contribution < 1.29 is 14.7 Å². The highest BCUT2D eigenvalue weighted by Gasteiger charge is 2.11. The van der Waals surface area contributed by atoms with Crippen LogP contribution in [0.3, 0.4) is 0 Å². The number of aromatic hydroxyl groups is 1. The summed E-state index contributed by atoms with van der Waals surface area (Å²) in [7, 11) is 0. The van der Waals surface area contributed by atoms with E-state index in [1.54, 1.807) is 18.2 Å². The number of imide groups is 1. The molecule has 0 aromatic heterocycles. The fourth-order valence-electron chi connectivity index (χ4n) is 1.66. The molecule has 0 saturated heterocycles. The molecule has 0 unspecified atom stereocenters. The molecule has 0 aliphatic heterocycles. The largest absolute Gasteiger partial charge is 0.507 e. The number of rotatable bonds is 3. The molecular weight excluding hydrogens is 334 g/mol. The Labute approximate surface area is 130 Å². The van der Waals surface area contributed by atoms with Crippen molar-refractivity contribution >= 4 is 33.8 Å². The van der Waals surface area contributed by atoms with Crippen LogP contribution in [-0.4, -0.2) is 16.9 Å². The molecule has 106 valence electrons. The third-order valence-corrected chi connectivity index (χ3v) is 3.43. The molecule has 0 radical (unpaired) electrons. The molecule has 5 heteroatoms. The molecule has 2 aromatic rings. The molecule has 2 rings (SSSR count). The molecule has 4 nitrogen and oxygen atoms in total. The van der Waals surface area contributed by atoms with Crippen LogP contribution in [0.1, 0.15) is 15.9 Å². The molecule has 21 heavy (non-hydrogen) atoms. The lowest BCUT2D eigenvalue weighted by Gasteiger charge is -2.03. The van der Waals surface area contributed by atoms with E-state index < -0.39 is 11.8 Å². The summed E-state index contributed by atoms with van der Waals surface area (Å²) in [6.45, 7) is 0. The minimum Gasteiger partial charge on any atom is -0.507 e. The van der Waals surface area contributed by atoms with Crippen molar-refractivity contribution in [1.82, 2.24) is 5.32 Å². The third kappa shape index (κ3) is 4.03. The number of hydrogen-bond acceptors (Lipinski definition) is 3. The molecule has 0 spiro atoms. The van der Waals surface area contributed by atoms with Gasteiger partial charge in [0.15, 0.2) is 0 Å². The lowest BCUT2D eigenvalue weighted by molar-refractivity contribution is -0.115. The van der Waals surface area contributed by atoms with Crippen LogP contribution in [0.5, 0.6) is 5.75 Å².